The van der Waals surface area contributed by atoms with Gasteiger partial charge in [-0.1, -0.05) is 146 Å². The normalized spacial score (nSPS) is 10.8. The molecule has 50 heavy (non-hydrogen) atoms. The molecule has 0 heterocycles. The number of nitrogens with one attached hydrogen (secondary N) is 2. The fraction of sp³-hybridized carbons (Fsp3) is 0. The number of hydrogen-bond donors (Lipinski definition) is 4. The number of rotatable bonds is 8. The van der Waals surface area contributed by atoms with Gasteiger partial charge >= 0.3 is 0 Å². The minimum absolute atomic E-state index is 0.361. The van der Waals surface area contributed by atoms with Crippen LogP contribution in [0.15, 0.2) is 170 Å². The van der Waals surface area contributed by atoms with Crippen molar-refractivity contribution >= 4 is 11.8 Å². The largest absolute Gasteiger partial charge is 0.290 e. The molecule has 0 bridgehead atoms. The van der Waals surface area contributed by atoms with Gasteiger partial charge in [0.1, 0.15) is 0 Å². The average Bonchev–Trinajstić information content (AvgIpc) is 3.20. The quantitative estimate of drug-likeness (QED) is 0.0748. The van der Waals surface area contributed by atoms with Crippen LogP contribution in [-0.2, 0) is 0 Å². The van der Waals surface area contributed by atoms with Crippen LogP contribution in [0.25, 0.3) is 66.8 Å². The van der Waals surface area contributed by atoms with Gasteiger partial charge in [-0.05, 0) is 91.0 Å². The van der Waals surface area contributed by atoms with Gasteiger partial charge in [-0.15, -0.1) is 0 Å². The second-order valence-electron chi connectivity index (χ2n) is 11.8. The number of nitrogen functional groups attached to an aromatic ring is 2. The molecule has 0 aliphatic heterocycles. The zero-order valence-electron chi connectivity index (χ0n) is 27.1. The highest BCUT2D eigenvalue weighted by atomic mass is 16.2. The fourth-order valence-electron chi connectivity index (χ4n) is 6.64. The maximum Gasteiger partial charge on any atom is 0.265 e. The first-order valence-corrected chi connectivity index (χ1v) is 16.3. The van der Waals surface area contributed by atoms with Crippen molar-refractivity contribution in [3.05, 3.63) is 181 Å². The molecule has 7 aromatic carbocycles. The standard InChI is InChI=1S/C44H34N4O2/c45-47-43(49)35-25-21-33(22-26-35)41-37(29-13-5-1-6-14-29)38(30-15-7-2-8-16-30)42(34-23-27-36(28-24-34)44(50)48-46)40(32-19-11-4-12-20-32)39(41)31-17-9-3-10-18-31/h1-28H,45-46H2,(H,47,49)(H,48,50). The molecule has 0 aliphatic carbocycles. The van der Waals surface area contributed by atoms with Crippen molar-refractivity contribution in [1.29, 1.82) is 0 Å². The number of carbonyl (C=O) groups is 2. The van der Waals surface area contributed by atoms with E-state index in [9.17, 15) is 9.59 Å². The van der Waals surface area contributed by atoms with Crippen LogP contribution in [0.4, 0.5) is 0 Å². The van der Waals surface area contributed by atoms with Gasteiger partial charge in [0.05, 0.1) is 0 Å². The van der Waals surface area contributed by atoms with Crippen LogP contribution in [0, 0.1) is 0 Å². The van der Waals surface area contributed by atoms with E-state index in [0.29, 0.717) is 11.1 Å². The lowest BCUT2D eigenvalue weighted by Gasteiger charge is -2.29. The minimum Gasteiger partial charge on any atom is -0.290 e. The third-order valence-corrected chi connectivity index (χ3v) is 8.88. The second-order valence-corrected chi connectivity index (χ2v) is 11.8. The topological polar surface area (TPSA) is 110 Å². The molecule has 0 aliphatic rings. The number of hydrogen-bond acceptors (Lipinski definition) is 4. The van der Waals surface area contributed by atoms with Crippen molar-refractivity contribution in [1.82, 2.24) is 10.9 Å². The minimum atomic E-state index is -0.361. The van der Waals surface area contributed by atoms with Gasteiger partial charge in [-0.2, -0.15) is 0 Å². The van der Waals surface area contributed by atoms with Crippen molar-refractivity contribution in [3.63, 3.8) is 0 Å². The molecule has 6 N–H and O–H groups in total. The Hall–Kier alpha value is -6.60. The van der Waals surface area contributed by atoms with Crippen molar-refractivity contribution in [2.75, 3.05) is 0 Å². The number of amides is 2. The Balaban J connectivity index is 1.74. The molecule has 0 spiro atoms. The number of benzene rings is 7. The predicted molar refractivity (Wildman–Crippen MR) is 202 cm³/mol. The average molecular weight is 651 g/mol. The Morgan fingerprint density at radius 1 is 0.300 bits per heavy atom. The molecule has 7 aromatic rings. The van der Waals surface area contributed by atoms with Crippen molar-refractivity contribution in [2.24, 2.45) is 11.7 Å². The molecule has 0 saturated heterocycles. The third kappa shape index (κ3) is 6.08. The third-order valence-electron chi connectivity index (χ3n) is 8.88. The smallest absolute Gasteiger partial charge is 0.265 e. The molecule has 6 nitrogen and oxygen atoms in total. The molecule has 0 atom stereocenters. The maximum absolute atomic E-state index is 12.5. The maximum atomic E-state index is 12.5. The Labute approximate surface area is 291 Å². The van der Waals surface area contributed by atoms with Gasteiger partial charge in [-0.25, -0.2) is 11.7 Å². The lowest BCUT2D eigenvalue weighted by molar-refractivity contribution is 0.0945. The van der Waals surface area contributed by atoms with Gasteiger partial charge < -0.3 is 0 Å². The molecular formula is C44H34N4O2. The molecule has 7 rings (SSSR count). The first kappa shape index (κ1) is 32.0. The number of carbonyl (C=O) groups excluding carboxylic acids is 2. The van der Waals surface area contributed by atoms with Crippen LogP contribution in [-0.4, -0.2) is 11.8 Å². The van der Waals surface area contributed by atoms with Crippen LogP contribution >= 0.6 is 0 Å². The SMILES string of the molecule is NNC(=O)c1ccc(-c2c(-c3ccccc3)c(-c3ccccc3)c(-c3ccc(C(=O)NN)cc3)c(-c3ccccc3)c2-c2ccccc2)cc1. The molecule has 2 amide bonds. The van der Waals surface area contributed by atoms with Crippen molar-refractivity contribution < 1.29 is 9.59 Å². The Morgan fingerprint density at radius 2 is 0.500 bits per heavy atom. The van der Waals surface area contributed by atoms with Gasteiger partial charge in [0, 0.05) is 11.1 Å². The van der Waals surface area contributed by atoms with E-state index < -0.39 is 0 Å². The Kier molecular flexibility index (Phi) is 9.12. The molecule has 0 aromatic heterocycles. The number of nitrogens with two attached hydrogens (primary N) is 2. The van der Waals surface area contributed by atoms with Crippen molar-refractivity contribution in [2.45, 2.75) is 0 Å². The zero-order chi connectivity index (χ0) is 34.5. The van der Waals surface area contributed by atoms with Gasteiger partial charge in [0.15, 0.2) is 0 Å². The van der Waals surface area contributed by atoms with Gasteiger partial charge in [0.2, 0.25) is 0 Å². The molecule has 0 radical (unpaired) electrons. The zero-order valence-corrected chi connectivity index (χ0v) is 27.1. The van der Waals surface area contributed by atoms with E-state index in [2.05, 4.69) is 108 Å². The van der Waals surface area contributed by atoms with E-state index in [-0.39, 0.29) is 11.8 Å². The predicted octanol–water partition coefficient (Wildman–Crippen LogP) is 8.90. The summed E-state index contributed by atoms with van der Waals surface area (Å²) in [7, 11) is 0. The van der Waals surface area contributed by atoms with E-state index in [4.69, 9.17) is 11.7 Å². The lowest BCUT2D eigenvalue weighted by atomic mass is 9.74. The van der Waals surface area contributed by atoms with E-state index in [1.54, 1.807) is 24.3 Å². The monoisotopic (exact) mass is 650 g/mol. The summed E-state index contributed by atoms with van der Waals surface area (Å²) < 4.78 is 0. The highest BCUT2D eigenvalue weighted by Crippen LogP contribution is 2.55. The van der Waals surface area contributed by atoms with Crippen LogP contribution in [0.2, 0.25) is 0 Å². The second kappa shape index (κ2) is 14.3. The molecule has 0 saturated carbocycles. The van der Waals surface area contributed by atoms with Gasteiger partial charge in [-0.3, -0.25) is 20.4 Å². The summed E-state index contributed by atoms with van der Waals surface area (Å²) in [4.78, 5) is 25.1. The summed E-state index contributed by atoms with van der Waals surface area (Å²) in [6.45, 7) is 0. The van der Waals surface area contributed by atoms with E-state index in [0.717, 1.165) is 66.8 Å². The van der Waals surface area contributed by atoms with E-state index in [1.165, 1.54) is 0 Å². The highest BCUT2D eigenvalue weighted by molar-refractivity contribution is 6.15. The molecule has 0 fully saturated rings. The van der Waals surface area contributed by atoms with E-state index >= 15 is 0 Å². The van der Waals surface area contributed by atoms with Crippen LogP contribution in [0.3, 0.4) is 0 Å². The summed E-state index contributed by atoms with van der Waals surface area (Å²) in [6, 6.07) is 56.7. The van der Waals surface area contributed by atoms with Crippen molar-refractivity contribution in [3.8, 4) is 66.8 Å². The first-order valence-electron chi connectivity index (χ1n) is 16.3. The molecular weight excluding hydrogens is 617 g/mol. The molecule has 6 heteroatoms. The summed E-state index contributed by atoms with van der Waals surface area (Å²) in [5.41, 5.74) is 17.6. The summed E-state index contributed by atoms with van der Waals surface area (Å²) in [5, 5.41) is 0. The Morgan fingerprint density at radius 3 is 0.700 bits per heavy atom. The highest BCUT2D eigenvalue weighted by Gasteiger charge is 2.29. The summed E-state index contributed by atoms with van der Waals surface area (Å²) in [5.74, 6) is 10.3. The van der Waals surface area contributed by atoms with E-state index in [1.807, 2.05) is 48.5 Å². The van der Waals surface area contributed by atoms with Crippen LogP contribution in [0.5, 0.6) is 0 Å². The van der Waals surface area contributed by atoms with Gasteiger partial charge in [0.25, 0.3) is 11.8 Å². The Bertz CT molecular complexity index is 2000. The summed E-state index contributed by atoms with van der Waals surface area (Å²) >= 11 is 0. The molecule has 242 valence electrons. The fourth-order valence-corrected chi connectivity index (χ4v) is 6.64. The number of hydrazine groups is 2. The lowest BCUT2D eigenvalue weighted by Crippen LogP contribution is -2.29. The summed E-state index contributed by atoms with van der Waals surface area (Å²) in [6.07, 6.45) is 0. The molecule has 0 unspecified atom stereocenters. The first-order chi connectivity index (χ1) is 24.6. The van der Waals surface area contributed by atoms with Crippen LogP contribution in [0.1, 0.15) is 20.7 Å². The van der Waals surface area contributed by atoms with Crippen LogP contribution < -0.4 is 22.5 Å².